The molecule has 0 spiro atoms. The number of Topliss-reactive ketones (excluding diaryl/α,β-unsaturated/α-hetero) is 1. The van der Waals surface area contributed by atoms with Crippen LogP contribution in [0.5, 0.6) is 0 Å². The van der Waals surface area contributed by atoms with Crippen LogP contribution in [0.3, 0.4) is 0 Å². The van der Waals surface area contributed by atoms with Crippen LogP contribution in [-0.4, -0.2) is 18.5 Å². The molecule has 0 N–H and O–H groups in total. The average Bonchev–Trinajstić information content (AvgIpc) is 2.75. The van der Waals surface area contributed by atoms with Crippen molar-refractivity contribution in [1.29, 1.82) is 5.26 Å². The van der Waals surface area contributed by atoms with Gasteiger partial charge in [0.2, 0.25) is 0 Å². The molecule has 1 aliphatic heterocycles. The summed E-state index contributed by atoms with van der Waals surface area (Å²) >= 11 is 0. The zero-order chi connectivity index (χ0) is 11.1. The van der Waals surface area contributed by atoms with Crippen molar-refractivity contribution in [3.8, 4) is 6.07 Å². The largest absolute Gasteiger partial charge is 0.378 e. The maximum absolute atomic E-state index is 11.6. The third-order valence-corrected chi connectivity index (χ3v) is 2.86. The molecule has 2 unspecified atom stereocenters. The Morgan fingerprint density at radius 1 is 1.67 bits per heavy atom. The Kier molecular flexibility index (Phi) is 5.34. The van der Waals surface area contributed by atoms with E-state index in [2.05, 4.69) is 6.07 Å². The van der Waals surface area contributed by atoms with Crippen LogP contribution >= 0.6 is 0 Å². The summed E-state index contributed by atoms with van der Waals surface area (Å²) in [6.45, 7) is 2.83. The maximum atomic E-state index is 11.6. The van der Waals surface area contributed by atoms with E-state index in [0.29, 0.717) is 12.8 Å². The molecule has 3 nitrogen and oxygen atoms in total. The predicted octanol–water partition coefficient (Wildman–Crippen LogP) is 2.45. The molecule has 0 radical (unpaired) electrons. The fourth-order valence-corrected chi connectivity index (χ4v) is 1.94. The van der Waals surface area contributed by atoms with Crippen LogP contribution in [0.2, 0.25) is 0 Å². The summed E-state index contributed by atoms with van der Waals surface area (Å²) in [5, 5.41) is 8.82. The van der Waals surface area contributed by atoms with Gasteiger partial charge in [0.15, 0.2) is 0 Å². The van der Waals surface area contributed by atoms with Gasteiger partial charge >= 0.3 is 0 Å². The first-order valence-corrected chi connectivity index (χ1v) is 5.81. The molecule has 1 fully saturated rings. The maximum Gasteiger partial charge on any atom is 0.150 e. The van der Waals surface area contributed by atoms with E-state index < -0.39 is 5.92 Å². The lowest BCUT2D eigenvalue weighted by molar-refractivity contribution is -0.122. The first kappa shape index (κ1) is 12.2. The summed E-state index contributed by atoms with van der Waals surface area (Å²) in [7, 11) is 0. The Balaban J connectivity index is 2.24. The monoisotopic (exact) mass is 209 g/mol. The van der Waals surface area contributed by atoms with Crippen molar-refractivity contribution in [3.63, 3.8) is 0 Å². The molecule has 1 rings (SSSR count). The van der Waals surface area contributed by atoms with Crippen LogP contribution in [0.4, 0.5) is 0 Å². The zero-order valence-electron chi connectivity index (χ0n) is 9.37. The second-order valence-electron chi connectivity index (χ2n) is 4.11. The van der Waals surface area contributed by atoms with Crippen LogP contribution < -0.4 is 0 Å². The number of hydrogen-bond acceptors (Lipinski definition) is 3. The molecular formula is C12H19NO2. The molecular weight excluding hydrogens is 190 g/mol. The topological polar surface area (TPSA) is 50.1 Å². The number of ketones is 1. The fraction of sp³-hybridized carbons (Fsp3) is 0.833. The molecule has 0 saturated carbocycles. The van der Waals surface area contributed by atoms with Crippen LogP contribution in [0, 0.1) is 17.2 Å². The van der Waals surface area contributed by atoms with E-state index in [9.17, 15) is 4.79 Å². The molecule has 2 atom stereocenters. The quantitative estimate of drug-likeness (QED) is 0.675. The highest BCUT2D eigenvalue weighted by Gasteiger charge is 2.20. The van der Waals surface area contributed by atoms with Crippen molar-refractivity contribution in [3.05, 3.63) is 0 Å². The highest BCUT2D eigenvalue weighted by atomic mass is 16.5. The third kappa shape index (κ3) is 4.01. The summed E-state index contributed by atoms with van der Waals surface area (Å²) in [5.41, 5.74) is 0. The van der Waals surface area contributed by atoms with Gasteiger partial charge in [-0.3, -0.25) is 4.79 Å². The minimum Gasteiger partial charge on any atom is -0.378 e. The Morgan fingerprint density at radius 2 is 2.47 bits per heavy atom. The van der Waals surface area contributed by atoms with Gasteiger partial charge in [0, 0.05) is 13.0 Å². The number of rotatable bonds is 6. The summed E-state index contributed by atoms with van der Waals surface area (Å²) < 4.78 is 5.44. The molecule has 0 bridgehead atoms. The van der Waals surface area contributed by atoms with Crippen molar-refractivity contribution in [2.75, 3.05) is 6.61 Å². The average molecular weight is 209 g/mol. The van der Waals surface area contributed by atoms with E-state index in [1.54, 1.807) is 0 Å². The standard InChI is InChI=1S/C12H19NO2/c1-2-4-10(9-13)12(14)7-6-11-5-3-8-15-11/h10-11H,2-8H2,1H3. The normalized spacial score (nSPS) is 22.3. The number of ether oxygens (including phenoxy) is 1. The molecule has 0 aromatic heterocycles. The molecule has 84 valence electrons. The lowest BCUT2D eigenvalue weighted by Gasteiger charge is -2.10. The first-order chi connectivity index (χ1) is 7.27. The number of carbonyl (C=O) groups excluding carboxylic acids is 1. The van der Waals surface area contributed by atoms with E-state index in [4.69, 9.17) is 10.00 Å². The molecule has 3 heteroatoms. The highest BCUT2D eigenvalue weighted by Crippen LogP contribution is 2.19. The fourth-order valence-electron chi connectivity index (χ4n) is 1.94. The van der Waals surface area contributed by atoms with E-state index >= 15 is 0 Å². The van der Waals surface area contributed by atoms with E-state index in [1.807, 2.05) is 6.92 Å². The Morgan fingerprint density at radius 3 is 3.00 bits per heavy atom. The van der Waals surface area contributed by atoms with Crippen molar-refractivity contribution >= 4 is 5.78 Å². The molecule has 0 aliphatic carbocycles. The second-order valence-corrected chi connectivity index (χ2v) is 4.11. The minimum absolute atomic E-state index is 0.0925. The molecule has 1 heterocycles. The molecule has 0 aromatic rings. The first-order valence-electron chi connectivity index (χ1n) is 5.81. The summed E-state index contributed by atoms with van der Waals surface area (Å²) in [6.07, 6.45) is 5.32. The molecule has 15 heavy (non-hydrogen) atoms. The molecule has 0 amide bonds. The van der Waals surface area contributed by atoms with Gasteiger partial charge in [-0.1, -0.05) is 13.3 Å². The van der Waals surface area contributed by atoms with Gasteiger partial charge in [0.1, 0.15) is 11.7 Å². The van der Waals surface area contributed by atoms with Gasteiger partial charge < -0.3 is 4.74 Å². The summed E-state index contributed by atoms with van der Waals surface area (Å²) in [5.74, 6) is -0.300. The van der Waals surface area contributed by atoms with E-state index in [0.717, 1.165) is 32.3 Å². The number of nitrogens with zero attached hydrogens (tertiary/aromatic N) is 1. The molecule has 1 aliphatic rings. The van der Waals surface area contributed by atoms with E-state index in [-0.39, 0.29) is 11.9 Å². The van der Waals surface area contributed by atoms with Gasteiger partial charge in [-0.2, -0.15) is 5.26 Å². The van der Waals surface area contributed by atoms with Gasteiger partial charge in [-0.25, -0.2) is 0 Å². The lowest BCUT2D eigenvalue weighted by Crippen LogP contribution is -2.15. The van der Waals surface area contributed by atoms with Crippen LogP contribution in [0.1, 0.15) is 45.4 Å². The van der Waals surface area contributed by atoms with Crippen molar-refractivity contribution in [2.45, 2.75) is 51.6 Å². The highest BCUT2D eigenvalue weighted by molar-refractivity contribution is 5.83. The molecule has 0 aromatic carbocycles. The summed E-state index contributed by atoms with van der Waals surface area (Å²) in [6, 6.07) is 2.09. The van der Waals surface area contributed by atoms with Gasteiger partial charge in [0.25, 0.3) is 0 Å². The lowest BCUT2D eigenvalue weighted by atomic mass is 9.95. The minimum atomic E-state index is -0.392. The van der Waals surface area contributed by atoms with Crippen LogP contribution in [0.25, 0.3) is 0 Å². The Hall–Kier alpha value is -0.880. The molecule has 1 saturated heterocycles. The van der Waals surface area contributed by atoms with Crippen LogP contribution in [-0.2, 0) is 9.53 Å². The zero-order valence-corrected chi connectivity index (χ0v) is 9.37. The van der Waals surface area contributed by atoms with Crippen molar-refractivity contribution in [1.82, 2.24) is 0 Å². The second kappa shape index (κ2) is 6.58. The van der Waals surface area contributed by atoms with E-state index in [1.165, 1.54) is 0 Å². The Labute approximate surface area is 91.4 Å². The predicted molar refractivity (Wildman–Crippen MR) is 57.2 cm³/mol. The number of nitriles is 1. The Bertz CT molecular complexity index is 238. The van der Waals surface area contributed by atoms with Crippen LogP contribution in [0.15, 0.2) is 0 Å². The third-order valence-electron chi connectivity index (χ3n) is 2.86. The smallest absolute Gasteiger partial charge is 0.150 e. The van der Waals surface area contributed by atoms with Gasteiger partial charge in [-0.05, 0) is 25.7 Å². The summed E-state index contributed by atoms with van der Waals surface area (Å²) in [4.78, 5) is 11.6. The van der Waals surface area contributed by atoms with Crippen molar-refractivity contribution in [2.24, 2.45) is 5.92 Å². The van der Waals surface area contributed by atoms with Gasteiger partial charge in [-0.15, -0.1) is 0 Å². The van der Waals surface area contributed by atoms with Crippen molar-refractivity contribution < 1.29 is 9.53 Å². The number of hydrogen-bond donors (Lipinski definition) is 0. The van der Waals surface area contributed by atoms with Gasteiger partial charge in [0.05, 0.1) is 12.2 Å². The number of carbonyl (C=O) groups is 1. The SMILES string of the molecule is CCCC(C#N)C(=O)CCC1CCCO1.